The van der Waals surface area contributed by atoms with Crippen molar-refractivity contribution in [2.45, 2.75) is 13.8 Å². The molecule has 1 amide bonds. The number of imidazole rings is 2. The normalized spacial score (nSPS) is 10.6. The largest absolute Gasteiger partial charge is 0.342 e. The van der Waals surface area contributed by atoms with E-state index in [1.165, 1.54) is 0 Å². The Morgan fingerprint density at radius 2 is 1.76 bits per heavy atom. The second-order valence-electron chi connectivity index (χ2n) is 4.83. The van der Waals surface area contributed by atoms with Crippen molar-refractivity contribution in [3.8, 4) is 11.4 Å². The Labute approximate surface area is 121 Å². The van der Waals surface area contributed by atoms with E-state index in [1.54, 1.807) is 12.4 Å². The molecular formula is C15H15N5O. The molecule has 6 nitrogen and oxygen atoms in total. The Bertz CT molecular complexity index is 787. The number of benzene rings is 1. The maximum Gasteiger partial charge on any atom is 0.291 e. The Kier molecular flexibility index (Phi) is 3.27. The molecule has 2 aromatic heterocycles. The van der Waals surface area contributed by atoms with Gasteiger partial charge in [-0.2, -0.15) is 0 Å². The summed E-state index contributed by atoms with van der Waals surface area (Å²) in [6.45, 7) is 3.78. The molecule has 0 fully saturated rings. The van der Waals surface area contributed by atoms with Crippen molar-refractivity contribution in [1.29, 1.82) is 0 Å². The Morgan fingerprint density at radius 1 is 1.05 bits per heavy atom. The van der Waals surface area contributed by atoms with Crippen LogP contribution in [0.25, 0.3) is 11.4 Å². The fraction of sp³-hybridized carbons (Fsp3) is 0.133. The summed E-state index contributed by atoms with van der Waals surface area (Å²) in [5, 5.41) is 2.86. The van der Waals surface area contributed by atoms with Crippen molar-refractivity contribution in [2.24, 2.45) is 0 Å². The van der Waals surface area contributed by atoms with Crippen LogP contribution in [-0.2, 0) is 0 Å². The maximum absolute atomic E-state index is 12.2. The van der Waals surface area contributed by atoms with Gasteiger partial charge >= 0.3 is 0 Å². The molecule has 0 radical (unpaired) electrons. The van der Waals surface area contributed by atoms with Gasteiger partial charge < -0.3 is 15.3 Å². The molecule has 0 bridgehead atoms. The SMILES string of the molecule is Cc1cnc(C(=O)Nc2ccccc2-c2ncc(C)[nH]2)[nH]1. The van der Waals surface area contributed by atoms with E-state index < -0.39 is 0 Å². The predicted molar refractivity (Wildman–Crippen MR) is 80.0 cm³/mol. The summed E-state index contributed by atoms with van der Waals surface area (Å²) in [5.74, 6) is 0.732. The zero-order chi connectivity index (χ0) is 14.8. The van der Waals surface area contributed by atoms with Crippen molar-refractivity contribution in [3.63, 3.8) is 0 Å². The second-order valence-corrected chi connectivity index (χ2v) is 4.83. The van der Waals surface area contributed by atoms with Gasteiger partial charge in [0.05, 0.1) is 5.69 Å². The van der Waals surface area contributed by atoms with Gasteiger partial charge in [0.2, 0.25) is 0 Å². The molecule has 0 unspecified atom stereocenters. The molecular weight excluding hydrogens is 266 g/mol. The minimum Gasteiger partial charge on any atom is -0.342 e. The Morgan fingerprint density at radius 3 is 2.43 bits per heavy atom. The minimum absolute atomic E-state index is 0.279. The molecule has 0 saturated heterocycles. The minimum atomic E-state index is -0.279. The van der Waals surface area contributed by atoms with Crippen molar-refractivity contribution in [3.05, 3.63) is 53.9 Å². The monoisotopic (exact) mass is 281 g/mol. The average Bonchev–Trinajstić information content (AvgIpc) is 3.08. The lowest BCUT2D eigenvalue weighted by molar-refractivity contribution is 0.101. The lowest BCUT2D eigenvalue weighted by Gasteiger charge is -2.08. The molecule has 0 spiro atoms. The number of carbonyl (C=O) groups is 1. The van der Waals surface area contributed by atoms with Crippen LogP contribution in [0, 0.1) is 13.8 Å². The van der Waals surface area contributed by atoms with Gasteiger partial charge in [0.1, 0.15) is 5.82 Å². The van der Waals surface area contributed by atoms with E-state index in [4.69, 9.17) is 0 Å². The van der Waals surface area contributed by atoms with E-state index in [2.05, 4.69) is 25.3 Å². The van der Waals surface area contributed by atoms with Crippen LogP contribution < -0.4 is 5.32 Å². The number of H-pyrrole nitrogens is 2. The average molecular weight is 281 g/mol. The van der Waals surface area contributed by atoms with Crippen LogP contribution in [0.5, 0.6) is 0 Å². The number of amides is 1. The van der Waals surface area contributed by atoms with E-state index in [0.717, 1.165) is 22.8 Å². The lowest BCUT2D eigenvalue weighted by Crippen LogP contribution is -2.14. The molecule has 0 aliphatic carbocycles. The highest BCUT2D eigenvalue weighted by molar-refractivity contribution is 6.03. The number of para-hydroxylation sites is 1. The number of nitrogens with one attached hydrogen (secondary N) is 3. The summed E-state index contributed by atoms with van der Waals surface area (Å²) in [5.41, 5.74) is 3.33. The molecule has 3 N–H and O–H groups in total. The molecule has 0 saturated carbocycles. The van der Waals surface area contributed by atoms with Crippen LogP contribution in [0.4, 0.5) is 5.69 Å². The quantitative estimate of drug-likeness (QED) is 0.689. The van der Waals surface area contributed by atoms with Crippen LogP contribution in [0.1, 0.15) is 22.0 Å². The smallest absolute Gasteiger partial charge is 0.291 e. The Hall–Kier alpha value is -2.89. The molecule has 0 aliphatic heterocycles. The van der Waals surface area contributed by atoms with Gasteiger partial charge in [-0.15, -0.1) is 0 Å². The summed E-state index contributed by atoms with van der Waals surface area (Å²) < 4.78 is 0. The number of hydrogen-bond acceptors (Lipinski definition) is 3. The summed E-state index contributed by atoms with van der Waals surface area (Å²) in [7, 11) is 0. The number of aryl methyl sites for hydroxylation is 2. The lowest BCUT2D eigenvalue weighted by atomic mass is 10.1. The van der Waals surface area contributed by atoms with E-state index in [1.807, 2.05) is 38.1 Å². The van der Waals surface area contributed by atoms with Crippen molar-refractivity contribution in [2.75, 3.05) is 5.32 Å². The van der Waals surface area contributed by atoms with Gasteiger partial charge in [0.25, 0.3) is 5.91 Å². The van der Waals surface area contributed by atoms with Crippen LogP contribution >= 0.6 is 0 Å². The van der Waals surface area contributed by atoms with Crippen molar-refractivity contribution in [1.82, 2.24) is 19.9 Å². The Balaban J connectivity index is 1.91. The van der Waals surface area contributed by atoms with Crippen molar-refractivity contribution < 1.29 is 4.79 Å². The first-order valence-corrected chi connectivity index (χ1v) is 6.57. The highest BCUT2D eigenvalue weighted by Crippen LogP contribution is 2.25. The van der Waals surface area contributed by atoms with E-state index in [9.17, 15) is 4.79 Å². The van der Waals surface area contributed by atoms with Gasteiger partial charge in [-0.05, 0) is 26.0 Å². The highest BCUT2D eigenvalue weighted by Gasteiger charge is 2.13. The maximum atomic E-state index is 12.2. The standard InChI is InChI=1S/C15H15N5O/c1-9-7-16-13(18-9)11-5-3-4-6-12(11)20-15(21)14-17-8-10(2)19-14/h3-8H,1-2H3,(H,16,18)(H,17,19)(H,20,21). The first kappa shape index (κ1) is 13.1. The molecule has 21 heavy (non-hydrogen) atoms. The number of rotatable bonds is 3. The number of nitrogens with zero attached hydrogens (tertiary/aromatic N) is 2. The summed E-state index contributed by atoms with van der Waals surface area (Å²) in [6.07, 6.45) is 3.38. The fourth-order valence-electron chi connectivity index (χ4n) is 2.06. The molecule has 0 aliphatic rings. The zero-order valence-electron chi connectivity index (χ0n) is 11.8. The summed E-state index contributed by atoms with van der Waals surface area (Å²) in [4.78, 5) is 26.6. The van der Waals surface area contributed by atoms with Crippen LogP contribution in [0.3, 0.4) is 0 Å². The first-order chi connectivity index (χ1) is 10.1. The third-order valence-electron chi connectivity index (χ3n) is 3.05. The molecule has 3 rings (SSSR count). The highest BCUT2D eigenvalue weighted by atomic mass is 16.2. The topological polar surface area (TPSA) is 86.5 Å². The summed E-state index contributed by atoms with van der Waals surface area (Å²) in [6, 6.07) is 7.50. The van der Waals surface area contributed by atoms with E-state index >= 15 is 0 Å². The van der Waals surface area contributed by atoms with Gasteiger partial charge in [-0.1, -0.05) is 12.1 Å². The number of aromatic nitrogens is 4. The van der Waals surface area contributed by atoms with Crippen LogP contribution in [0.15, 0.2) is 36.7 Å². The number of carbonyl (C=O) groups excluding carboxylic acids is 1. The van der Waals surface area contributed by atoms with Crippen LogP contribution in [0.2, 0.25) is 0 Å². The molecule has 3 aromatic rings. The van der Waals surface area contributed by atoms with E-state index in [0.29, 0.717) is 5.69 Å². The number of aromatic amines is 2. The van der Waals surface area contributed by atoms with E-state index in [-0.39, 0.29) is 11.7 Å². The molecule has 6 heteroatoms. The zero-order valence-corrected chi connectivity index (χ0v) is 11.8. The first-order valence-electron chi connectivity index (χ1n) is 6.57. The number of anilines is 1. The predicted octanol–water partition coefficient (Wildman–Crippen LogP) is 2.67. The number of hydrogen-bond donors (Lipinski definition) is 3. The molecule has 106 valence electrons. The molecule has 1 aromatic carbocycles. The third-order valence-corrected chi connectivity index (χ3v) is 3.05. The van der Waals surface area contributed by atoms with Crippen molar-refractivity contribution >= 4 is 11.6 Å². The second kappa shape index (κ2) is 5.24. The van der Waals surface area contributed by atoms with Gasteiger partial charge in [-0.3, -0.25) is 4.79 Å². The molecule has 0 atom stereocenters. The third kappa shape index (κ3) is 2.69. The fourth-order valence-corrected chi connectivity index (χ4v) is 2.06. The molecule has 2 heterocycles. The van der Waals surface area contributed by atoms with Crippen LogP contribution in [-0.4, -0.2) is 25.8 Å². The van der Waals surface area contributed by atoms with Gasteiger partial charge in [-0.25, -0.2) is 9.97 Å². The van der Waals surface area contributed by atoms with Gasteiger partial charge in [0.15, 0.2) is 5.82 Å². The summed E-state index contributed by atoms with van der Waals surface area (Å²) >= 11 is 0. The van der Waals surface area contributed by atoms with Gasteiger partial charge in [0, 0.05) is 29.3 Å².